The van der Waals surface area contributed by atoms with Gasteiger partial charge in [0.05, 0.1) is 25.4 Å². The van der Waals surface area contributed by atoms with E-state index < -0.39 is 12.0 Å². The zero-order valence-corrected chi connectivity index (χ0v) is 22.3. The van der Waals surface area contributed by atoms with Gasteiger partial charge >= 0.3 is 5.97 Å². The molecule has 0 bridgehead atoms. The summed E-state index contributed by atoms with van der Waals surface area (Å²) >= 11 is 7.79. The summed E-state index contributed by atoms with van der Waals surface area (Å²) in [5, 5.41) is 9.25. The Morgan fingerprint density at radius 2 is 1.83 bits per heavy atom. The van der Waals surface area contributed by atoms with Crippen LogP contribution in [0.15, 0.2) is 58.9 Å². The Morgan fingerprint density at radius 3 is 2.56 bits per heavy atom. The van der Waals surface area contributed by atoms with Crippen molar-refractivity contribution < 1.29 is 19.0 Å². The largest absolute Gasteiger partial charge is 0.490 e. The van der Waals surface area contributed by atoms with Gasteiger partial charge in [-0.3, -0.25) is 0 Å². The van der Waals surface area contributed by atoms with E-state index in [0.717, 1.165) is 11.1 Å². The molecule has 1 aliphatic rings. The van der Waals surface area contributed by atoms with Crippen LogP contribution in [-0.4, -0.2) is 40.6 Å². The van der Waals surface area contributed by atoms with Gasteiger partial charge in [0.25, 0.3) is 0 Å². The Hall–Kier alpha value is -3.17. The molecule has 0 fully saturated rings. The molecular formula is C26H29ClN4O4S. The van der Waals surface area contributed by atoms with Crippen LogP contribution in [0.25, 0.3) is 0 Å². The van der Waals surface area contributed by atoms with Gasteiger partial charge < -0.3 is 19.5 Å². The highest BCUT2D eigenvalue weighted by molar-refractivity contribution is 7.98. The number of hydrogen-bond acceptors (Lipinski definition) is 8. The first-order valence-corrected chi connectivity index (χ1v) is 13.2. The number of anilines is 1. The maximum atomic E-state index is 13.1. The minimum Gasteiger partial charge on any atom is -0.490 e. The minimum atomic E-state index is -0.558. The first-order chi connectivity index (χ1) is 17.5. The number of benzene rings is 2. The minimum absolute atomic E-state index is 0.263. The molecule has 2 heterocycles. The maximum absolute atomic E-state index is 13.1. The van der Waals surface area contributed by atoms with Crippen LogP contribution < -0.4 is 14.8 Å². The van der Waals surface area contributed by atoms with Crippen LogP contribution >= 0.6 is 23.4 Å². The number of carbonyl (C=O) groups is 1. The molecule has 3 aromatic rings. The molecule has 1 aliphatic heterocycles. The van der Waals surface area contributed by atoms with E-state index in [4.69, 9.17) is 30.9 Å². The molecule has 1 unspecified atom stereocenters. The summed E-state index contributed by atoms with van der Waals surface area (Å²) in [4.78, 5) is 17.8. The fraction of sp³-hybridized carbons (Fsp3) is 0.346. The van der Waals surface area contributed by atoms with Crippen LogP contribution in [0.2, 0.25) is 5.02 Å². The maximum Gasteiger partial charge on any atom is 0.338 e. The van der Waals surface area contributed by atoms with Crippen LogP contribution in [0.4, 0.5) is 5.95 Å². The Labute approximate surface area is 220 Å². The summed E-state index contributed by atoms with van der Waals surface area (Å²) in [5.41, 5.74) is 2.92. The predicted octanol–water partition coefficient (Wildman–Crippen LogP) is 5.87. The molecule has 190 valence electrons. The molecule has 1 atom stereocenters. The van der Waals surface area contributed by atoms with Crippen molar-refractivity contribution in [2.45, 2.75) is 44.6 Å². The van der Waals surface area contributed by atoms with Crippen molar-refractivity contribution in [3.8, 4) is 11.5 Å². The fourth-order valence-electron chi connectivity index (χ4n) is 3.97. The molecule has 0 radical (unpaired) electrons. The number of halogens is 1. The van der Waals surface area contributed by atoms with Gasteiger partial charge in [0.15, 0.2) is 11.5 Å². The van der Waals surface area contributed by atoms with E-state index in [0.29, 0.717) is 57.9 Å². The van der Waals surface area contributed by atoms with Gasteiger partial charge in [0, 0.05) is 16.5 Å². The second-order valence-corrected chi connectivity index (χ2v) is 9.25. The van der Waals surface area contributed by atoms with E-state index in [1.807, 2.05) is 63.2 Å². The number of thioether (sulfide) groups is 1. The molecule has 10 heteroatoms. The van der Waals surface area contributed by atoms with Crippen molar-refractivity contribution in [2.75, 3.05) is 25.1 Å². The van der Waals surface area contributed by atoms with Gasteiger partial charge in [-0.1, -0.05) is 47.6 Å². The molecule has 1 aromatic heterocycles. The number of esters is 1. The lowest BCUT2D eigenvalue weighted by Crippen LogP contribution is -2.29. The molecule has 1 N–H and O–H groups in total. The lowest BCUT2D eigenvalue weighted by molar-refractivity contribution is -0.139. The SMILES string of the molecule is CCOC(=O)C1=C(C)Nc2nc(SCc3ccccc3Cl)nn2C1c1ccc(OCC)c(OCC)c1. The Morgan fingerprint density at radius 1 is 1.08 bits per heavy atom. The highest BCUT2D eigenvalue weighted by Crippen LogP contribution is 2.40. The van der Waals surface area contributed by atoms with Crippen molar-refractivity contribution in [3.63, 3.8) is 0 Å². The second kappa shape index (κ2) is 11.7. The van der Waals surface area contributed by atoms with Gasteiger partial charge in [-0.25, -0.2) is 9.48 Å². The van der Waals surface area contributed by atoms with Crippen molar-refractivity contribution in [2.24, 2.45) is 0 Å². The van der Waals surface area contributed by atoms with Crippen LogP contribution in [0.5, 0.6) is 11.5 Å². The second-order valence-electron chi connectivity index (χ2n) is 7.90. The van der Waals surface area contributed by atoms with Crippen LogP contribution in [-0.2, 0) is 15.3 Å². The summed E-state index contributed by atoms with van der Waals surface area (Å²) in [7, 11) is 0. The Kier molecular flexibility index (Phi) is 8.43. The van der Waals surface area contributed by atoms with Crippen LogP contribution in [0, 0.1) is 0 Å². The molecule has 0 saturated carbocycles. The monoisotopic (exact) mass is 528 g/mol. The summed E-state index contributed by atoms with van der Waals surface area (Å²) in [5.74, 6) is 1.99. The predicted molar refractivity (Wildman–Crippen MR) is 141 cm³/mol. The summed E-state index contributed by atoms with van der Waals surface area (Å²) in [6.07, 6.45) is 0. The molecule has 0 saturated heterocycles. The lowest BCUT2D eigenvalue weighted by atomic mass is 9.95. The third-order valence-electron chi connectivity index (χ3n) is 5.53. The highest BCUT2D eigenvalue weighted by atomic mass is 35.5. The van der Waals surface area contributed by atoms with Gasteiger partial charge in [-0.05, 0) is 57.0 Å². The van der Waals surface area contributed by atoms with E-state index in [2.05, 4.69) is 10.3 Å². The summed E-state index contributed by atoms with van der Waals surface area (Å²) in [6.45, 7) is 8.72. The summed E-state index contributed by atoms with van der Waals surface area (Å²) < 4.78 is 18.7. The number of ether oxygens (including phenoxy) is 3. The molecule has 36 heavy (non-hydrogen) atoms. The van der Waals surface area contributed by atoms with Crippen molar-refractivity contribution >= 4 is 35.3 Å². The number of hydrogen-bond donors (Lipinski definition) is 1. The smallest absolute Gasteiger partial charge is 0.338 e. The first kappa shape index (κ1) is 25.9. The van der Waals surface area contributed by atoms with Gasteiger partial charge in [-0.2, -0.15) is 4.98 Å². The molecule has 0 amide bonds. The Balaban J connectivity index is 1.74. The Bertz CT molecular complexity index is 1280. The molecule has 8 nitrogen and oxygen atoms in total. The van der Waals surface area contributed by atoms with Gasteiger partial charge in [0.1, 0.15) is 6.04 Å². The third kappa shape index (κ3) is 5.47. The number of aromatic nitrogens is 3. The van der Waals surface area contributed by atoms with E-state index in [1.54, 1.807) is 11.6 Å². The molecule has 4 rings (SSSR count). The number of fused-ring (bicyclic) bond motifs is 1. The van der Waals surface area contributed by atoms with E-state index in [1.165, 1.54) is 11.8 Å². The van der Waals surface area contributed by atoms with E-state index >= 15 is 0 Å². The summed E-state index contributed by atoms with van der Waals surface area (Å²) in [6, 6.07) is 12.8. The first-order valence-electron chi connectivity index (χ1n) is 11.8. The number of nitrogens with one attached hydrogen (secondary N) is 1. The topological polar surface area (TPSA) is 87.5 Å². The molecule has 0 aliphatic carbocycles. The fourth-order valence-corrected chi connectivity index (χ4v) is 5.08. The number of allylic oxidation sites excluding steroid dienone is 1. The average Bonchev–Trinajstić information content (AvgIpc) is 3.26. The van der Waals surface area contributed by atoms with E-state index in [-0.39, 0.29) is 6.61 Å². The van der Waals surface area contributed by atoms with Crippen molar-refractivity contribution in [1.82, 2.24) is 14.8 Å². The van der Waals surface area contributed by atoms with E-state index in [9.17, 15) is 4.79 Å². The zero-order valence-electron chi connectivity index (χ0n) is 20.7. The number of rotatable bonds is 10. The molecule has 0 spiro atoms. The average molecular weight is 529 g/mol. The van der Waals surface area contributed by atoms with Crippen molar-refractivity contribution in [1.29, 1.82) is 0 Å². The van der Waals surface area contributed by atoms with Gasteiger partial charge in [-0.15, -0.1) is 5.10 Å². The lowest BCUT2D eigenvalue weighted by Gasteiger charge is -2.28. The number of nitrogens with zero attached hydrogens (tertiary/aromatic N) is 3. The number of carbonyl (C=O) groups excluding carboxylic acids is 1. The highest BCUT2D eigenvalue weighted by Gasteiger charge is 2.35. The molecule has 2 aromatic carbocycles. The van der Waals surface area contributed by atoms with Crippen LogP contribution in [0.3, 0.4) is 0 Å². The molecular weight excluding hydrogens is 500 g/mol. The standard InChI is InChI=1S/C26H29ClN4O4S/c1-5-33-20-13-12-17(14-21(20)34-6-2)23-22(24(32)35-7-3)16(4)28-25-29-26(30-31(23)25)36-15-18-10-8-9-11-19(18)27/h8-14,23H,5-7,15H2,1-4H3,(H,28,29,30). The third-order valence-corrected chi connectivity index (χ3v) is 6.78. The van der Waals surface area contributed by atoms with Crippen molar-refractivity contribution in [3.05, 3.63) is 69.9 Å². The van der Waals surface area contributed by atoms with Crippen LogP contribution in [0.1, 0.15) is 44.9 Å². The quantitative estimate of drug-likeness (QED) is 0.258. The van der Waals surface area contributed by atoms with Gasteiger partial charge in [0.2, 0.25) is 11.1 Å². The normalized spacial score (nSPS) is 14.8. The zero-order chi connectivity index (χ0) is 25.7.